The Bertz CT molecular complexity index is 1220. The number of benzene rings is 2. The van der Waals surface area contributed by atoms with Crippen LogP contribution in [0.25, 0.3) is 11.4 Å². The molecule has 0 aliphatic carbocycles. The van der Waals surface area contributed by atoms with Crippen molar-refractivity contribution in [1.29, 1.82) is 0 Å². The van der Waals surface area contributed by atoms with Crippen molar-refractivity contribution in [2.24, 2.45) is 5.92 Å². The maximum Gasteiger partial charge on any atom is 0.255 e. The highest BCUT2D eigenvalue weighted by atomic mass is 16.5. The van der Waals surface area contributed by atoms with Crippen LogP contribution in [0.2, 0.25) is 0 Å². The summed E-state index contributed by atoms with van der Waals surface area (Å²) in [6.07, 6.45) is 4.95. The molecule has 8 heteroatoms. The van der Waals surface area contributed by atoms with Crippen molar-refractivity contribution in [1.82, 2.24) is 19.9 Å². The smallest absolute Gasteiger partial charge is 0.255 e. The number of amides is 2. The molecule has 0 radical (unpaired) electrons. The fourth-order valence-corrected chi connectivity index (χ4v) is 5.14. The van der Waals surface area contributed by atoms with E-state index in [0.29, 0.717) is 36.1 Å². The second-order valence-electron chi connectivity index (χ2n) is 9.79. The van der Waals surface area contributed by atoms with E-state index < -0.39 is 0 Å². The number of rotatable bonds is 6. The van der Waals surface area contributed by atoms with E-state index in [9.17, 15) is 9.59 Å². The molecule has 2 aliphatic rings. The Morgan fingerprint density at radius 1 is 1.00 bits per heavy atom. The molecule has 1 atom stereocenters. The van der Waals surface area contributed by atoms with Crippen molar-refractivity contribution < 1.29 is 14.1 Å². The quantitative estimate of drug-likeness (QED) is 0.550. The largest absolute Gasteiger partial charge is 0.339 e. The van der Waals surface area contributed by atoms with Crippen LogP contribution in [0, 0.1) is 12.8 Å². The van der Waals surface area contributed by atoms with Gasteiger partial charge in [-0.25, -0.2) is 0 Å². The minimum Gasteiger partial charge on any atom is -0.339 e. The minimum absolute atomic E-state index is 0.00304. The maximum absolute atomic E-state index is 13.2. The highest BCUT2D eigenvalue weighted by Crippen LogP contribution is 2.25. The lowest BCUT2D eigenvalue weighted by atomic mass is 9.96. The Labute approximate surface area is 211 Å². The highest BCUT2D eigenvalue weighted by molar-refractivity contribution is 6.04. The van der Waals surface area contributed by atoms with Crippen LogP contribution in [0.1, 0.15) is 53.9 Å². The molecule has 1 N–H and O–H groups in total. The van der Waals surface area contributed by atoms with E-state index in [1.54, 1.807) is 6.07 Å². The first-order valence-corrected chi connectivity index (χ1v) is 12.9. The molecule has 2 fully saturated rings. The fraction of sp³-hybridized carbons (Fsp3) is 0.429. The molecule has 2 aromatic carbocycles. The van der Waals surface area contributed by atoms with E-state index in [4.69, 9.17) is 4.52 Å². The van der Waals surface area contributed by atoms with Crippen molar-refractivity contribution in [2.75, 3.05) is 31.5 Å². The van der Waals surface area contributed by atoms with Gasteiger partial charge in [0.15, 0.2) is 0 Å². The summed E-state index contributed by atoms with van der Waals surface area (Å²) < 4.78 is 5.52. The van der Waals surface area contributed by atoms with E-state index in [2.05, 4.69) is 20.4 Å². The zero-order valence-electron chi connectivity index (χ0n) is 20.8. The Balaban J connectivity index is 1.22. The summed E-state index contributed by atoms with van der Waals surface area (Å²) >= 11 is 0. The van der Waals surface area contributed by atoms with Gasteiger partial charge in [-0.15, -0.1) is 0 Å². The van der Waals surface area contributed by atoms with Crippen LogP contribution in [0.3, 0.4) is 0 Å². The third-order valence-electron chi connectivity index (χ3n) is 7.15. The summed E-state index contributed by atoms with van der Waals surface area (Å²) in [4.78, 5) is 35.0. The molecule has 1 unspecified atom stereocenters. The van der Waals surface area contributed by atoms with E-state index in [-0.39, 0.29) is 17.7 Å². The SMILES string of the molecule is Cc1ccccc1-c1noc(CN2CCCC(C(=O)Nc3ccccc3C(=O)N3CCCCC3)C2)n1. The van der Waals surface area contributed by atoms with Gasteiger partial charge in [-0.05, 0) is 63.3 Å². The lowest BCUT2D eigenvalue weighted by molar-refractivity contribution is -0.121. The Hall–Kier alpha value is -3.52. The Morgan fingerprint density at radius 3 is 2.61 bits per heavy atom. The first-order chi connectivity index (χ1) is 17.6. The number of carbonyl (C=O) groups is 2. The van der Waals surface area contributed by atoms with E-state index >= 15 is 0 Å². The minimum atomic E-state index is -0.171. The standard InChI is InChI=1S/C28H33N5O3/c1-20-10-3-4-12-22(20)26-30-25(36-31-26)19-32-15-9-11-21(18-32)27(34)29-24-14-6-5-13-23(24)28(35)33-16-7-2-8-17-33/h3-6,10,12-14,21H,2,7-9,11,15-19H2,1H3,(H,29,34). The van der Waals surface area contributed by atoms with Crippen LogP contribution in [0.5, 0.6) is 0 Å². The number of likely N-dealkylation sites (tertiary alicyclic amines) is 2. The summed E-state index contributed by atoms with van der Waals surface area (Å²) in [5.41, 5.74) is 3.21. The zero-order chi connectivity index (χ0) is 24.9. The molecule has 3 aromatic rings. The van der Waals surface area contributed by atoms with Crippen molar-refractivity contribution in [3.05, 3.63) is 65.5 Å². The molecule has 2 aliphatic heterocycles. The summed E-state index contributed by atoms with van der Waals surface area (Å²) in [5.74, 6) is 0.910. The number of aryl methyl sites for hydroxylation is 1. The predicted octanol–water partition coefficient (Wildman–Crippen LogP) is 4.52. The number of hydrogen-bond donors (Lipinski definition) is 1. The number of nitrogens with zero attached hydrogens (tertiary/aromatic N) is 4. The van der Waals surface area contributed by atoms with E-state index in [1.165, 1.54) is 0 Å². The second kappa shape index (κ2) is 11.0. The van der Waals surface area contributed by atoms with Crippen molar-refractivity contribution in [3.63, 3.8) is 0 Å². The van der Waals surface area contributed by atoms with Gasteiger partial charge in [0.2, 0.25) is 17.6 Å². The monoisotopic (exact) mass is 487 g/mol. The average molecular weight is 488 g/mol. The Kier molecular flexibility index (Phi) is 7.41. The van der Waals surface area contributed by atoms with Crippen molar-refractivity contribution >= 4 is 17.5 Å². The van der Waals surface area contributed by atoms with E-state index in [1.807, 2.05) is 54.3 Å². The highest BCUT2D eigenvalue weighted by Gasteiger charge is 2.28. The summed E-state index contributed by atoms with van der Waals surface area (Å²) in [7, 11) is 0. The molecule has 0 saturated carbocycles. The average Bonchev–Trinajstić information content (AvgIpc) is 3.37. The van der Waals surface area contributed by atoms with Crippen molar-refractivity contribution in [2.45, 2.75) is 45.6 Å². The van der Waals surface area contributed by atoms with Crippen molar-refractivity contribution in [3.8, 4) is 11.4 Å². The third kappa shape index (κ3) is 5.49. The van der Waals surface area contributed by atoms with Gasteiger partial charge in [-0.2, -0.15) is 4.98 Å². The van der Waals surface area contributed by atoms with Gasteiger partial charge in [0.05, 0.1) is 23.7 Å². The molecule has 3 heterocycles. The predicted molar refractivity (Wildman–Crippen MR) is 137 cm³/mol. The van der Waals surface area contributed by atoms with Gasteiger partial charge in [-0.3, -0.25) is 14.5 Å². The number of anilines is 1. The van der Waals surface area contributed by atoms with Gasteiger partial charge in [0.1, 0.15) is 0 Å². The van der Waals surface area contributed by atoms with Crippen LogP contribution in [0.4, 0.5) is 5.69 Å². The Morgan fingerprint density at radius 2 is 1.78 bits per heavy atom. The number of aromatic nitrogens is 2. The molecule has 0 bridgehead atoms. The molecular weight excluding hydrogens is 454 g/mol. The first kappa shape index (κ1) is 24.2. The number of carbonyl (C=O) groups excluding carboxylic acids is 2. The summed E-state index contributed by atoms with van der Waals surface area (Å²) in [5, 5.41) is 7.21. The van der Waals surface area contributed by atoms with Gasteiger partial charge in [-0.1, -0.05) is 41.6 Å². The molecule has 36 heavy (non-hydrogen) atoms. The molecule has 1 aromatic heterocycles. The molecule has 0 spiro atoms. The van der Waals surface area contributed by atoms with E-state index in [0.717, 1.165) is 62.9 Å². The molecule has 2 amide bonds. The molecular formula is C28H33N5O3. The molecule has 188 valence electrons. The maximum atomic E-state index is 13.2. The third-order valence-corrected chi connectivity index (χ3v) is 7.15. The molecule has 5 rings (SSSR count). The number of para-hydroxylation sites is 1. The van der Waals surface area contributed by atoms with Gasteiger partial charge in [0.25, 0.3) is 5.91 Å². The van der Waals surface area contributed by atoms with Crippen LogP contribution >= 0.6 is 0 Å². The van der Waals surface area contributed by atoms with Gasteiger partial charge >= 0.3 is 0 Å². The molecule has 2 saturated heterocycles. The number of hydrogen-bond acceptors (Lipinski definition) is 6. The van der Waals surface area contributed by atoms with Crippen LogP contribution in [-0.2, 0) is 11.3 Å². The normalized spacial score (nSPS) is 18.7. The van der Waals surface area contributed by atoms with Gasteiger partial charge in [0, 0.05) is 25.2 Å². The first-order valence-electron chi connectivity index (χ1n) is 12.9. The summed E-state index contributed by atoms with van der Waals surface area (Å²) in [6.45, 7) is 5.57. The van der Waals surface area contributed by atoms with Crippen LogP contribution in [0.15, 0.2) is 53.1 Å². The number of piperidine rings is 2. The zero-order valence-corrected chi connectivity index (χ0v) is 20.8. The van der Waals surface area contributed by atoms with Crippen LogP contribution < -0.4 is 5.32 Å². The lowest BCUT2D eigenvalue weighted by Crippen LogP contribution is -2.40. The van der Waals surface area contributed by atoms with Gasteiger partial charge < -0.3 is 14.7 Å². The topological polar surface area (TPSA) is 91.6 Å². The lowest BCUT2D eigenvalue weighted by Gasteiger charge is -2.31. The fourth-order valence-electron chi connectivity index (χ4n) is 5.14. The molecule has 8 nitrogen and oxygen atoms in total. The van der Waals surface area contributed by atoms with Crippen LogP contribution in [-0.4, -0.2) is 57.9 Å². The second-order valence-corrected chi connectivity index (χ2v) is 9.79. The number of nitrogens with one attached hydrogen (secondary N) is 1. The summed E-state index contributed by atoms with van der Waals surface area (Å²) in [6, 6.07) is 15.3.